The van der Waals surface area contributed by atoms with Gasteiger partial charge in [0.1, 0.15) is 5.75 Å². The van der Waals surface area contributed by atoms with E-state index in [1.165, 1.54) is 5.56 Å². The van der Waals surface area contributed by atoms with Crippen LogP contribution in [0.25, 0.3) is 0 Å². The topological polar surface area (TPSA) is 62.8 Å². The molecule has 6 heteroatoms. The van der Waals surface area contributed by atoms with Gasteiger partial charge in [-0.15, -0.1) is 0 Å². The zero-order valence-electron chi connectivity index (χ0n) is 14.6. The van der Waals surface area contributed by atoms with E-state index in [1.807, 2.05) is 12.1 Å². The monoisotopic (exact) mass is 335 g/mol. The molecule has 1 amide bonds. The molecule has 0 aromatic heterocycles. The highest BCUT2D eigenvalue weighted by Crippen LogP contribution is 2.11. The third kappa shape index (κ3) is 7.29. The minimum absolute atomic E-state index is 0.111. The Morgan fingerprint density at radius 2 is 1.92 bits per heavy atom. The molecule has 0 saturated carbocycles. The number of nitrogens with one attached hydrogen (secondary N) is 2. The van der Waals surface area contributed by atoms with Crippen molar-refractivity contribution in [2.45, 2.75) is 12.8 Å². The Morgan fingerprint density at radius 3 is 2.62 bits per heavy atom. The maximum atomic E-state index is 11.8. The number of hydrogen-bond acceptors (Lipinski definition) is 5. The molecule has 134 valence electrons. The largest absolute Gasteiger partial charge is 0.497 e. The van der Waals surface area contributed by atoms with Gasteiger partial charge in [0.15, 0.2) is 0 Å². The van der Waals surface area contributed by atoms with Crippen LogP contribution in [0.3, 0.4) is 0 Å². The van der Waals surface area contributed by atoms with Crippen LogP contribution in [0, 0.1) is 0 Å². The second-order valence-electron chi connectivity index (χ2n) is 5.90. The summed E-state index contributed by atoms with van der Waals surface area (Å²) < 4.78 is 10.4. The summed E-state index contributed by atoms with van der Waals surface area (Å²) >= 11 is 0. The van der Waals surface area contributed by atoms with E-state index in [4.69, 9.17) is 9.47 Å². The van der Waals surface area contributed by atoms with Crippen LogP contribution in [0.4, 0.5) is 0 Å². The van der Waals surface area contributed by atoms with Crippen LogP contribution in [0.1, 0.15) is 12.0 Å². The van der Waals surface area contributed by atoms with Crippen molar-refractivity contribution in [2.75, 3.05) is 59.6 Å². The number of methoxy groups -OCH3 is 1. The molecule has 1 aromatic carbocycles. The maximum Gasteiger partial charge on any atom is 0.221 e. The predicted molar refractivity (Wildman–Crippen MR) is 94.5 cm³/mol. The molecule has 1 fully saturated rings. The molecule has 0 aliphatic carbocycles. The van der Waals surface area contributed by atoms with E-state index >= 15 is 0 Å². The van der Waals surface area contributed by atoms with Gasteiger partial charge < -0.3 is 20.1 Å². The number of carbonyl (C=O) groups excluding carboxylic acids is 1. The molecule has 1 saturated heterocycles. The Morgan fingerprint density at radius 1 is 1.17 bits per heavy atom. The summed E-state index contributed by atoms with van der Waals surface area (Å²) in [4.78, 5) is 14.1. The Balaban J connectivity index is 1.46. The van der Waals surface area contributed by atoms with Gasteiger partial charge in [-0.05, 0) is 30.7 Å². The quantitative estimate of drug-likeness (QED) is 0.615. The molecule has 1 heterocycles. The van der Waals surface area contributed by atoms with Crippen molar-refractivity contribution in [3.63, 3.8) is 0 Å². The van der Waals surface area contributed by atoms with Crippen molar-refractivity contribution in [3.8, 4) is 5.75 Å². The van der Waals surface area contributed by atoms with Crippen LogP contribution in [0.2, 0.25) is 0 Å². The van der Waals surface area contributed by atoms with E-state index in [0.717, 1.165) is 51.6 Å². The lowest BCUT2D eigenvalue weighted by atomic mass is 10.1. The molecule has 1 aromatic rings. The van der Waals surface area contributed by atoms with Gasteiger partial charge >= 0.3 is 0 Å². The second-order valence-corrected chi connectivity index (χ2v) is 5.90. The number of rotatable bonds is 10. The lowest BCUT2D eigenvalue weighted by Crippen LogP contribution is -2.41. The number of benzene rings is 1. The first-order chi connectivity index (χ1) is 11.8. The van der Waals surface area contributed by atoms with Gasteiger partial charge in [-0.2, -0.15) is 0 Å². The van der Waals surface area contributed by atoms with Gasteiger partial charge in [-0.3, -0.25) is 9.69 Å². The first-order valence-electron chi connectivity index (χ1n) is 8.68. The molecule has 24 heavy (non-hydrogen) atoms. The highest BCUT2D eigenvalue weighted by atomic mass is 16.5. The second kappa shape index (κ2) is 11.0. The summed E-state index contributed by atoms with van der Waals surface area (Å²) in [6, 6.07) is 8.08. The number of morpholine rings is 1. The van der Waals surface area contributed by atoms with Gasteiger partial charge in [0.25, 0.3) is 0 Å². The SMILES string of the molecule is COc1ccc(CCNCCC(=O)NCCN2CCOCC2)cc1. The third-order valence-electron chi connectivity index (χ3n) is 4.13. The summed E-state index contributed by atoms with van der Waals surface area (Å²) in [5.74, 6) is 0.987. The van der Waals surface area contributed by atoms with Crippen LogP contribution >= 0.6 is 0 Å². The average Bonchev–Trinajstić information content (AvgIpc) is 2.63. The van der Waals surface area contributed by atoms with Crippen LogP contribution in [0.15, 0.2) is 24.3 Å². The molecule has 2 N–H and O–H groups in total. The van der Waals surface area contributed by atoms with Crippen LogP contribution in [-0.2, 0) is 16.0 Å². The first-order valence-corrected chi connectivity index (χ1v) is 8.68. The summed E-state index contributed by atoms with van der Waals surface area (Å²) in [5, 5.41) is 6.29. The molecule has 0 bridgehead atoms. The maximum absolute atomic E-state index is 11.8. The van der Waals surface area contributed by atoms with Gasteiger partial charge in [0.2, 0.25) is 5.91 Å². The smallest absolute Gasteiger partial charge is 0.221 e. The lowest BCUT2D eigenvalue weighted by molar-refractivity contribution is -0.121. The molecule has 2 rings (SSSR count). The van der Waals surface area contributed by atoms with Crippen molar-refractivity contribution in [3.05, 3.63) is 29.8 Å². The summed E-state index contributed by atoms with van der Waals surface area (Å²) in [7, 11) is 1.67. The Labute approximate surface area is 144 Å². The van der Waals surface area contributed by atoms with E-state index in [2.05, 4.69) is 27.7 Å². The highest BCUT2D eigenvalue weighted by molar-refractivity contribution is 5.76. The normalized spacial score (nSPS) is 15.2. The third-order valence-corrected chi connectivity index (χ3v) is 4.13. The van der Waals surface area contributed by atoms with E-state index in [1.54, 1.807) is 7.11 Å². The standard InChI is InChI=1S/C18H29N3O3/c1-23-17-4-2-16(3-5-17)6-8-19-9-7-18(22)20-10-11-21-12-14-24-15-13-21/h2-5,19H,6-15H2,1H3,(H,20,22). The van der Waals surface area contributed by atoms with Crippen molar-refractivity contribution in [1.29, 1.82) is 0 Å². The fraction of sp³-hybridized carbons (Fsp3) is 0.611. The Kier molecular flexibility index (Phi) is 8.59. The highest BCUT2D eigenvalue weighted by Gasteiger charge is 2.09. The van der Waals surface area contributed by atoms with Gasteiger partial charge in [-0.25, -0.2) is 0 Å². The molecule has 6 nitrogen and oxygen atoms in total. The van der Waals surface area contributed by atoms with Crippen molar-refractivity contribution in [2.24, 2.45) is 0 Å². The molecular formula is C18H29N3O3. The number of carbonyl (C=O) groups is 1. The molecule has 0 atom stereocenters. The van der Waals surface area contributed by atoms with E-state index in [0.29, 0.717) is 19.5 Å². The first kappa shape index (κ1) is 18.7. The number of amides is 1. The summed E-state index contributed by atoms with van der Waals surface area (Å²) in [6.45, 7) is 6.71. The molecule has 1 aliphatic rings. The fourth-order valence-corrected chi connectivity index (χ4v) is 2.62. The van der Waals surface area contributed by atoms with Gasteiger partial charge in [-0.1, -0.05) is 12.1 Å². The molecule has 0 unspecified atom stereocenters. The molecule has 1 aliphatic heterocycles. The molecular weight excluding hydrogens is 306 g/mol. The van der Waals surface area contributed by atoms with E-state index in [-0.39, 0.29) is 5.91 Å². The summed E-state index contributed by atoms with van der Waals surface area (Å²) in [5.41, 5.74) is 1.26. The predicted octanol–water partition coefficient (Wildman–Crippen LogP) is 0.666. The average molecular weight is 335 g/mol. The van der Waals surface area contributed by atoms with Gasteiger partial charge in [0, 0.05) is 39.1 Å². The summed E-state index contributed by atoms with van der Waals surface area (Å²) in [6.07, 6.45) is 1.47. The van der Waals surface area contributed by atoms with Crippen LogP contribution in [-0.4, -0.2) is 70.4 Å². The minimum atomic E-state index is 0.111. The molecule has 0 spiro atoms. The Hall–Kier alpha value is -1.63. The zero-order valence-corrected chi connectivity index (χ0v) is 14.6. The van der Waals surface area contributed by atoms with Crippen molar-refractivity contribution >= 4 is 5.91 Å². The lowest BCUT2D eigenvalue weighted by Gasteiger charge is -2.26. The number of hydrogen-bond donors (Lipinski definition) is 2. The van der Waals surface area contributed by atoms with Crippen LogP contribution < -0.4 is 15.4 Å². The fourth-order valence-electron chi connectivity index (χ4n) is 2.62. The van der Waals surface area contributed by atoms with Crippen molar-refractivity contribution < 1.29 is 14.3 Å². The minimum Gasteiger partial charge on any atom is -0.497 e. The van der Waals surface area contributed by atoms with E-state index in [9.17, 15) is 4.79 Å². The Bertz CT molecular complexity index is 473. The van der Waals surface area contributed by atoms with E-state index < -0.39 is 0 Å². The van der Waals surface area contributed by atoms with Gasteiger partial charge in [0.05, 0.1) is 20.3 Å². The van der Waals surface area contributed by atoms with Crippen molar-refractivity contribution in [1.82, 2.24) is 15.5 Å². The number of ether oxygens (including phenoxy) is 2. The van der Waals surface area contributed by atoms with Crippen LogP contribution in [0.5, 0.6) is 5.75 Å². The zero-order chi connectivity index (χ0) is 17.0. The number of nitrogens with zero attached hydrogens (tertiary/aromatic N) is 1. The molecule has 0 radical (unpaired) electrons.